The second kappa shape index (κ2) is 6.41. The van der Waals surface area contributed by atoms with Crippen LogP contribution in [0, 0.1) is 6.92 Å². The number of benzene rings is 1. The highest BCUT2D eigenvalue weighted by atomic mass is 16.7. The van der Waals surface area contributed by atoms with Crippen molar-refractivity contribution in [1.29, 1.82) is 0 Å². The number of fused-ring (bicyclic) bond motifs is 2. The Bertz CT molecular complexity index is 833. The van der Waals surface area contributed by atoms with Crippen LogP contribution in [0.4, 0.5) is 5.82 Å². The van der Waals surface area contributed by atoms with Gasteiger partial charge in [0.15, 0.2) is 11.5 Å². The lowest BCUT2D eigenvalue weighted by molar-refractivity contribution is 0.174. The lowest BCUT2D eigenvalue weighted by atomic mass is 10.1. The van der Waals surface area contributed by atoms with E-state index in [1.165, 1.54) is 11.1 Å². The molecule has 1 saturated heterocycles. The van der Waals surface area contributed by atoms with Crippen LogP contribution in [0.1, 0.15) is 22.6 Å². The molecule has 0 saturated carbocycles. The van der Waals surface area contributed by atoms with Crippen LogP contribution in [-0.4, -0.2) is 47.8 Å². The lowest BCUT2D eigenvalue weighted by Gasteiger charge is -2.36. The van der Waals surface area contributed by atoms with E-state index < -0.39 is 0 Å². The van der Waals surface area contributed by atoms with Gasteiger partial charge in [0, 0.05) is 51.4 Å². The molecular weight excluding hydrogens is 330 g/mol. The number of anilines is 1. The van der Waals surface area contributed by atoms with Crippen molar-refractivity contribution in [3.8, 4) is 11.5 Å². The normalized spacial score (nSPS) is 19.0. The van der Waals surface area contributed by atoms with Crippen LogP contribution in [0.5, 0.6) is 11.5 Å². The summed E-state index contributed by atoms with van der Waals surface area (Å²) in [5.41, 5.74) is 3.71. The van der Waals surface area contributed by atoms with Crippen LogP contribution in [0.2, 0.25) is 0 Å². The molecule has 5 rings (SSSR count). The topological polar surface area (TPSA) is 62.8 Å². The molecule has 2 aromatic rings. The minimum atomic E-state index is 0.328. The average Bonchev–Trinajstić information content (AvgIpc) is 3.30. The molecule has 1 fully saturated rings. The van der Waals surface area contributed by atoms with E-state index in [1.54, 1.807) is 0 Å². The number of ether oxygens (including phenoxy) is 2. The van der Waals surface area contributed by atoms with Crippen molar-refractivity contribution in [3.63, 3.8) is 0 Å². The Balaban J connectivity index is 1.26. The van der Waals surface area contributed by atoms with Gasteiger partial charge in [-0.25, -0.2) is 9.97 Å². The average molecular weight is 353 g/mol. The van der Waals surface area contributed by atoms with Gasteiger partial charge in [-0.1, -0.05) is 6.07 Å². The fourth-order valence-electron chi connectivity index (χ4n) is 3.95. The molecule has 3 aliphatic rings. The van der Waals surface area contributed by atoms with E-state index in [0.29, 0.717) is 6.79 Å². The summed E-state index contributed by atoms with van der Waals surface area (Å²) < 4.78 is 10.9. The van der Waals surface area contributed by atoms with Crippen LogP contribution in [0.3, 0.4) is 0 Å². The molecule has 0 unspecified atom stereocenters. The van der Waals surface area contributed by atoms with Crippen molar-refractivity contribution < 1.29 is 9.47 Å². The summed E-state index contributed by atoms with van der Waals surface area (Å²) in [5.74, 6) is 3.70. The summed E-state index contributed by atoms with van der Waals surface area (Å²) in [5, 5.41) is 3.39. The second-order valence-corrected chi connectivity index (χ2v) is 7.07. The van der Waals surface area contributed by atoms with Crippen molar-refractivity contribution in [1.82, 2.24) is 20.2 Å². The SMILES string of the molecule is Cc1nc2c(c(N3CCN(Cc4ccc5c(c4)OCO5)CC3)n1)CNC2. The van der Waals surface area contributed by atoms with Crippen LogP contribution in [-0.2, 0) is 19.6 Å². The van der Waals surface area contributed by atoms with Crippen molar-refractivity contribution in [3.05, 3.63) is 40.8 Å². The molecule has 4 heterocycles. The molecule has 0 radical (unpaired) electrons. The third kappa shape index (κ3) is 2.87. The molecule has 0 bridgehead atoms. The highest BCUT2D eigenvalue weighted by Gasteiger charge is 2.25. The maximum atomic E-state index is 5.49. The smallest absolute Gasteiger partial charge is 0.231 e. The van der Waals surface area contributed by atoms with Gasteiger partial charge in [-0.05, 0) is 24.6 Å². The minimum Gasteiger partial charge on any atom is -0.454 e. The van der Waals surface area contributed by atoms with Gasteiger partial charge in [-0.15, -0.1) is 0 Å². The molecule has 136 valence electrons. The predicted octanol–water partition coefficient (Wildman–Crippen LogP) is 1.44. The Labute approximate surface area is 152 Å². The number of nitrogens with zero attached hydrogens (tertiary/aromatic N) is 4. The third-order valence-electron chi connectivity index (χ3n) is 5.29. The van der Waals surface area contributed by atoms with E-state index in [-0.39, 0.29) is 0 Å². The molecule has 1 N–H and O–H groups in total. The zero-order valence-electron chi connectivity index (χ0n) is 15.0. The first-order chi connectivity index (χ1) is 12.8. The van der Waals surface area contributed by atoms with Gasteiger partial charge < -0.3 is 19.7 Å². The van der Waals surface area contributed by atoms with E-state index in [2.05, 4.69) is 32.2 Å². The first-order valence-corrected chi connectivity index (χ1v) is 9.19. The summed E-state index contributed by atoms with van der Waals surface area (Å²) in [4.78, 5) is 14.2. The fourth-order valence-corrected chi connectivity index (χ4v) is 3.95. The standard InChI is InChI=1S/C19H23N5O2/c1-13-21-16-10-20-9-15(16)19(22-13)24-6-4-23(5-7-24)11-14-2-3-17-18(8-14)26-12-25-17/h2-3,8,20H,4-7,9-12H2,1H3. The van der Waals surface area contributed by atoms with Crippen LogP contribution >= 0.6 is 0 Å². The number of nitrogens with one attached hydrogen (secondary N) is 1. The first-order valence-electron chi connectivity index (χ1n) is 9.19. The first kappa shape index (κ1) is 15.8. The van der Waals surface area contributed by atoms with Crippen molar-refractivity contribution in [2.45, 2.75) is 26.6 Å². The number of piperazine rings is 1. The van der Waals surface area contributed by atoms with Gasteiger partial charge in [-0.3, -0.25) is 4.90 Å². The van der Waals surface area contributed by atoms with E-state index in [9.17, 15) is 0 Å². The summed E-state index contributed by atoms with van der Waals surface area (Å²) in [6.45, 7) is 9.03. The third-order valence-corrected chi connectivity index (χ3v) is 5.29. The van der Waals surface area contributed by atoms with E-state index in [4.69, 9.17) is 14.5 Å². The van der Waals surface area contributed by atoms with Gasteiger partial charge in [0.05, 0.1) is 5.69 Å². The summed E-state index contributed by atoms with van der Waals surface area (Å²) >= 11 is 0. The van der Waals surface area contributed by atoms with Crippen LogP contribution < -0.4 is 19.7 Å². The number of hydrogen-bond donors (Lipinski definition) is 1. The summed E-state index contributed by atoms with van der Waals surface area (Å²) in [6, 6.07) is 6.24. The van der Waals surface area contributed by atoms with E-state index in [0.717, 1.165) is 74.6 Å². The maximum Gasteiger partial charge on any atom is 0.231 e. The number of hydrogen-bond acceptors (Lipinski definition) is 7. The Morgan fingerprint density at radius 1 is 1.04 bits per heavy atom. The Morgan fingerprint density at radius 3 is 2.77 bits per heavy atom. The molecule has 0 aliphatic carbocycles. The van der Waals surface area contributed by atoms with Gasteiger partial charge in [0.2, 0.25) is 6.79 Å². The van der Waals surface area contributed by atoms with Crippen LogP contribution in [0.15, 0.2) is 18.2 Å². The zero-order valence-corrected chi connectivity index (χ0v) is 15.0. The molecule has 1 aromatic heterocycles. The minimum absolute atomic E-state index is 0.328. The molecule has 7 heteroatoms. The highest BCUT2D eigenvalue weighted by Crippen LogP contribution is 2.33. The molecule has 1 aromatic carbocycles. The van der Waals surface area contributed by atoms with Crippen molar-refractivity contribution in [2.75, 3.05) is 37.9 Å². The number of aryl methyl sites for hydroxylation is 1. The molecule has 0 amide bonds. The zero-order chi connectivity index (χ0) is 17.5. The highest BCUT2D eigenvalue weighted by molar-refractivity contribution is 5.51. The van der Waals surface area contributed by atoms with Gasteiger partial charge in [0.1, 0.15) is 11.6 Å². The van der Waals surface area contributed by atoms with E-state index >= 15 is 0 Å². The van der Waals surface area contributed by atoms with Crippen molar-refractivity contribution in [2.24, 2.45) is 0 Å². The number of aromatic nitrogens is 2. The summed E-state index contributed by atoms with van der Waals surface area (Å²) in [7, 11) is 0. The molecule has 26 heavy (non-hydrogen) atoms. The fraction of sp³-hybridized carbons (Fsp3) is 0.474. The molecule has 0 spiro atoms. The van der Waals surface area contributed by atoms with Gasteiger partial charge in [0.25, 0.3) is 0 Å². The quantitative estimate of drug-likeness (QED) is 0.896. The molecular formula is C19H23N5O2. The maximum absolute atomic E-state index is 5.49. The molecule has 7 nitrogen and oxygen atoms in total. The predicted molar refractivity (Wildman–Crippen MR) is 97.4 cm³/mol. The van der Waals surface area contributed by atoms with Crippen molar-refractivity contribution >= 4 is 5.82 Å². The monoisotopic (exact) mass is 353 g/mol. The second-order valence-electron chi connectivity index (χ2n) is 7.07. The summed E-state index contributed by atoms with van der Waals surface area (Å²) in [6.07, 6.45) is 0. The van der Waals surface area contributed by atoms with Gasteiger partial charge in [-0.2, -0.15) is 0 Å². The number of rotatable bonds is 3. The van der Waals surface area contributed by atoms with E-state index in [1.807, 2.05) is 13.0 Å². The van der Waals surface area contributed by atoms with Crippen LogP contribution in [0.25, 0.3) is 0 Å². The Hall–Kier alpha value is -2.38. The Kier molecular flexibility index (Phi) is 3.90. The molecule has 3 aliphatic heterocycles. The molecule has 0 atom stereocenters. The van der Waals surface area contributed by atoms with Gasteiger partial charge >= 0.3 is 0 Å². The lowest BCUT2D eigenvalue weighted by Crippen LogP contribution is -2.46. The largest absolute Gasteiger partial charge is 0.454 e. The Morgan fingerprint density at radius 2 is 1.88 bits per heavy atom.